The van der Waals surface area contributed by atoms with Crippen LogP contribution in [0.4, 0.5) is 5.69 Å². The molecule has 8 heteroatoms. The molecule has 194 valence electrons. The molecule has 1 heterocycles. The number of para-hydroxylation sites is 1. The Morgan fingerprint density at radius 1 is 1.00 bits per heavy atom. The summed E-state index contributed by atoms with van der Waals surface area (Å²) in [5.74, 6) is -0.615. The van der Waals surface area contributed by atoms with Gasteiger partial charge >= 0.3 is 5.97 Å². The third kappa shape index (κ3) is 5.54. The Labute approximate surface area is 218 Å². The van der Waals surface area contributed by atoms with Gasteiger partial charge in [0.05, 0.1) is 18.4 Å². The van der Waals surface area contributed by atoms with Crippen LogP contribution in [0.25, 0.3) is 0 Å². The van der Waals surface area contributed by atoms with Crippen LogP contribution >= 0.6 is 0 Å². The minimum absolute atomic E-state index is 0.0181. The second-order valence-corrected chi connectivity index (χ2v) is 10.9. The second-order valence-electron chi connectivity index (χ2n) is 9.11. The number of anilines is 1. The number of benzene rings is 3. The number of ether oxygens (including phenoxy) is 2. The van der Waals surface area contributed by atoms with Crippen LogP contribution in [0.2, 0.25) is 0 Å². The van der Waals surface area contributed by atoms with Crippen molar-refractivity contribution in [3.63, 3.8) is 0 Å². The topological polar surface area (TPSA) is 90.0 Å². The van der Waals surface area contributed by atoms with Gasteiger partial charge in [0.25, 0.3) is 10.0 Å². The number of nitrogens with zero attached hydrogens (tertiary/aromatic N) is 1. The molecule has 3 aromatic carbocycles. The predicted molar refractivity (Wildman–Crippen MR) is 142 cm³/mol. The normalized spacial score (nSPS) is 14.0. The molecule has 7 nitrogen and oxygen atoms in total. The van der Waals surface area contributed by atoms with Gasteiger partial charge in [-0.2, -0.15) is 0 Å². The average Bonchev–Trinajstić information content (AvgIpc) is 2.94. The van der Waals surface area contributed by atoms with Crippen molar-refractivity contribution in [1.29, 1.82) is 0 Å². The lowest BCUT2D eigenvalue weighted by atomic mass is 9.97. The number of sulfonamides is 1. The van der Waals surface area contributed by atoms with Crippen LogP contribution in [-0.4, -0.2) is 40.4 Å². The van der Waals surface area contributed by atoms with Gasteiger partial charge in [-0.15, -0.1) is 0 Å². The minimum Gasteiger partial charge on any atom is -0.495 e. The number of ketones is 1. The fourth-order valence-corrected chi connectivity index (χ4v) is 6.13. The lowest BCUT2D eigenvalue weighted by molar-refractivity contribution is 0.0474. The highest BCUT2D eigenvalue weighted by atomic mass is 32.2. The Balaban J connectivity index is 1.53. The first-order valence-corrected chi connectivity index (χ1v) is 13.8. The van der Waals surface area contributed by atoms with Crippen LogP contribution < -0.4 is 9.04 Å². The molecule has 3 aromatic rings. The van der Waals surface area contributed by atoms with E-state index in [-0.39, 0.29) is 22.0 Å². The molecule has 37 heavy (non-hydrogen) atoms. The number of methoxy groups -OCH3 is 1. The first kappa shape index (κ1) is 26.4. The molecular formula is C29H31NO6S. The van der Waals surface area contributed by atoms with Gasteiger partial charge in [0, 0.05) is 12.1 Å². The fraction of sp³-hybridized carbons (Fsp3) is 0.310. The Morgan fingerprint density at radius 2 is 1.70 bits per heavy atom. The molecule has 1 aliphatic rings. The molecule has 0 aromatic heterocycles. The van der Waals surface area contributed by atoms with Gasteiger partial charge in [-0.3, -0.25) is 9.10 Å². The van der Waals surface area contributed by atoms with Crippen molar-refractivity contribution in [3.8, 4) is 5.75 Å². The maximum absolute atomic E-state index is 13.7. The summed E-state index contributed by atoms with van der Waals surface area (Å²) in [5.41, 5.74) is 3.17. The van der Waals surface area contributed by atoms with E-state index in [1.165, 1.54) is 29.6 Å². The molecule has 0 fully saturated rings. The van der Waals surface area contributed by atoms with Crippen LogP contribution in [0.5, 0.6) is 5.75 Å². The van der Waals surface area contributed by atoms with Crippen molar-refractivity contribution in [2.75, 3.05) is 24.6 Å². The summed E-state index contributed by atoms with van der Waals surface area (Å²) in [4.78, 5) is 25.2. The molecule has 0 bridgehead atoms. The Hall–Kier alpha value is -3.65. The zero-order chi connectivity index (χ0) is 26.6. The summed E-state index contributed by atoms with van der Waals surface area (Å²) >= 11 is 0. The smallest absolute Gasteiger partial charge is 0.338 e. The van der Waals surface area contributed by atoms with E-state index < -0.39 is 22.6 Å². The molecule has 0 amide bonds. The Bertz CT molecular complexity index is 1400. The van der Waals surface area contributed by atoms with E-state index >= 15 is 0 Å². The highest BCUT2D eigenvalue weighted by Crippen LogP contribution is 2.35. The second kappa shape index (κ2) is 11.2. The number of aryl methyl sites for hydroxylation is 1. The molecule has 0 spiro atoms. The van der Waals surface area contributed by atoms with Gasteiger partial charge in [-0.1, -0.05) is 56.3 Å². The molecule has 1 atom stereocenters. The van der Waals surface area contributed by atoms with Gasteiger partial charge < -0.3 is 9.47 Å². The SMILES string of the molecule is CC[C@@H](C)c1ccc(C(=O)COC(=O)c2ccc(OC)c(S(=O)(=O)N3CCCc4ccccc43)c2)cc1. The van der Waals surface area contributed by atoms with Gasteiger partial charge in [0.15, 0.2) is 12.4 Å². The number of carbonyl (C=O) groups is 2. The fourth-order valence-electron chi connectivity index (χ4n) is 4.40. The van der Waals surface area contributed by atoms with Gasteiger partial charge in [-0.25, -0.2) is 13.2 Å². The molecule has 0 saturated carbocycles. The summed E-state index contributed by atoms with van der Waals surface area (Å²) in [6.45, 7) is 4.09. The first-order chi connectivity index (χ1) is 17.8. The van der Waals surface area contributed by atoms with E-state index in [1.807, 2.05) is 24.3 Å². The van der Waals surface area contributed by atoms with Crippen molar-refractivity contribution in [2.45, 2.75) is 43.9 Å². The predicted octanol–water partition coefficient (Wildman–Crippen LogP) is 5.39. The highest BCUT2D eigenvalue weighted by molar-refractivity contribution is 7.93. The maximum atomic E-state index is 13.7. The molecule has 0 unspecified atom stereocenters. The average molecular weight is 522 g/mol. The number of Topliss-reactive ketones (excluding diaryl/α,β-unsaturated/α-hetero) is 1. The largest absolute Gasteiger partial charge is 0.495 e. The number of esters is 1. The van der Waals surface area contributed by atoms with Crippen molar-refractivity contribution < 1.29 is 27.5 Å². The van der Waals surface area contributed by atoms with Crippen molar-refractivity contribution >= 4 is 27.5 Å². The number of hydrogen-bond acceptors (Lipinski definition) is 6. The van der Waals surface area contributed by atoms with Crippen LogP contribution in [0, 0.1) is 0 Å². The Kier molecular flexibility index (Phi) is 7.97. The molecule has 1 aliphatic heterocycles. The van der Waals surface area contributed by atoms with Crippen molar-refractivity contribution in [3.05, 3.63) is 89.0 Å². The van der Waals surface area contributed by atoms with E-state index in [1.54, 1.807) is 24.3 Å². The summed E-state index contributed by atoms with van der Waals surface area (Å²) in [6, 6.07) is 18.7. The van der Waals surface area contributed by atoms with Crippen LogP contribution in [0.3, 0.4) is 0 Å². The van der Waals surface area contributed by atoms with Crippen LogP contribution in [-0.2, 0) is 21.2 Å². The Morgan fingerprint density at radius 3 is 2.41 bits per heavy atom. The standard InChI is InChI=1S/C29H31NO6S/c1-4-20(2)21-11-13-23(14-12-21)26(31)19-36-29(32)24-15-16-27(35-3)28(18-24)37(33,34)30-17-7-9-22-8-5-6-10-25(22)30/h5-6,8,10-16,18,20H,4,7,9,17,19H2,1-3H3/t20-/m1/s1. The number of rotatable bonds is 9. The zero-order valence-electron chi connectivity index (χ0n) is 21.3. The number of fused-ring (bicyclic) bond motifs is 1. The first-order valence-electron chi connectivity index (χ1n) is 12.3. The van der Waals surface area contributed by atoms with Crippen molar-refractivity contribution in [2.24, 2.45) is 0 Å². The van der Waals surface area contributed by atoms with E-state index in [0.717, 1.165) is 24.0 Å². The number of carbonyl (C=O) groups excluding carboxylic acids is 2. The lowest BCUT2D eigenvalue weighted by Crippen LogP contribution is -2.35. The van der Waals surface area contributed by atoms with E-state index in [9.17, 15) is 18.0 Å². The van der Waals surface area contributed by atoms with E-state index in [0.29, 0.717) is 30.1 Å². The van der Waals surface area contributed by atoms with Gasteiger partial charge in [-0.05, 0) is 60.6 Å². The van der Waals surface area contributed by atoms with Crippen LogP contribution in [0.1, 0.15) is 64.4 Å². The van der Waals surface area contributed by atoms with E-state index in [4.69, 9.17) is 9.47 Å². The maximum Gasteiger partial charge on any atom is 0.338 e. The summed E-state index contributed by atoms with van der Waals surface area (Å²) in [7, 11) is -2.65. The molecule has 0 aliphatic carbocycles. The molecular weight excluding hydrogens is 490 g/mol. The summed E-state index contributed by atoms with van der Waals surface area (Å²) in [5, 5.41) is 0. The highest BCUT2D eigenvalue weighted by Gasteiger charge is 2.32. The van der Waals surface area contributed by atoms with Crippen molar-refractivity contribution in [1.82, 2.24) is 0 Å². The minimum atomic E-state index is -4.03. The third-order valence-electron chi connectivity index (χ3n) is 6.78. The van der Waals surface area contributed by atoms with Gasteiger partial charge in [0.2, 0.25) is 0 Å². The molecule has 0 radical (unpaired) electrons. The zero-order valence-corrected chi connectivity index (χ0v) is 22.1. The molecule has 4 rings (SSSR count). The van der Waals surface area contributed by atoms with Gasteiger partial charge in [0.1, 0.15) is 10.6 Å². The van der Waals surface area contributed by atoms with Crippen LogP contribution in [0.15, 0.2) is 71.6 Å². The molecule has 0 saturated heterocycles. The lowest BCUT2D eigenvalue weighted by Gasteiger charge is -2.30. The quantitative estimate of drug-likeness (QED) is 0.277. The summed E-state index contributed by atoms with van der Waals surface area (Å²) < 4.78 is 39.3. The molecule has 0 N–H and O–H groups in total. The van der Waals surface area contributed by atoms with E-state index in [2.05, 4.69) is 13.8 Å². The summed E-state index contributed by atoms with van der Waals surface area (Å²) in [6.07, 6.45) is 2.47. The monoisotopic (exact) mass is 521 g/mol. The third-order valence-corrected chi connectivity index (χ3v) is 8.62. The number of hydrogen-bond donors (Lipinski definition) is 0.